The lowest BCUT2D eigenvalue weighted by Gasteiger charge is -2.09. The third kappa shape index (κ3) is 2.95. The predicted molar refractivity (Wildman–Crippen MR) is 73.5 cm³/mol. The molecule has 0 radical (unpaired) electrons. The lowest BCUT2D eigenvalue weighted by atomic mass is 10.2. The SMILES string of the molecule is COc1ccc(O)c(NC(=O)c2ccc(N)cc2)c1. The minimum Gasteiger partial charge on any atom is -0.506 e. The number of carbonyl (C=O) groups excluding carboxylic acids is 1. The Balaban J connectivity index is 2.21. The quantitative estimate of drug-likeness (QED) is 0.582. The van der Waals surface area contributed by atoms with E-state index in [4.69, 9.17) is 10.5 Å². The van der Waals surface area contributed by atoms with Gasteiger partial charge in [-0.2, -0.15) is 0 Å². The first-order valence-corrected chi connectivity index (χ1v) is 5.64. The summed E-state index contributed by atoms with van der Waals surface area (Å²) >= 11 is 0. The highest BCUT2D eigenvalue weighted by molar-refractivity contribution is 6.05. The monoisotopic (exact) mass is 258 g/mol. The summed E-state index contributed by atoms with van der Waals surface area (Å²) < 4.78 is 5.03. The van der Waals surface area contributed by atoms with Crippen LogP contribution in [0.1, 0.15) is 10.4 Å². The van der Waals surface area contributed by atoms with Crippen molar-refractivity contribution in [1.82, 2.24) is 0 Å². The van der Waals surface area contributed by atoms with Crippen molar-refractivity contribution in [1.29, 1.82) is 0 Å². The molecule has 2 rings (SSSR count). The summed E-state index contributed by atoms with van der Waals surface area (Å²) in [5, 5.41) is 12.3. The Kier molecular flexibility index (Phi) is 3.56. The van der Waals surface area contributed by atoms with Crippen LogP contribution in [0.15, 0.2) is 42.5 Å². The highest BCUT2D eigenvalue weighted by atomic mass is 16.5. The largest absolute Gasteiger partial charge is 0.506 e. The smallest absolute Gasteiger partial charge is 0.255 e. The van der Waals surface area contributed by atoms with Crippen molar-refractivity contribution in [3.63, 3.8) is 0 Å². The van der Waals surface area contributed by atoms with E-state index in [1.54, 1.807) is 36.4 Å². The topological polar surface area (TPSA) is 84.6 Å². The first-order chi connectivity index (χ1) is 9.10. The van der Waals surface area contributed by atoms with E-state index in [2.05, 4.69) is 5.32 Å². The second kappa shape index (κ2) is 5.30. The third-order valence-electron chi connectivity index (χ3n) is 2.62. The van der Waals surface area contributed by atoms with Gasteiger partial charge >= 0.3 is 0 Å². The second-order valence-electron chi connectivity index (χ2n) is 3.96. The fourth-order valence-corrected chi connectivity index (χ4v) is 1.57. The van der Waals surface area contributed by atoms with Gasteiger partial charge in [-0.15, -0.1) is 0 Å². The van der Waals surface area contributed by atoms with Crippen LogP contribution in [0.2, 0.25) is 0 Å². The zero-order valence-electron chi connectivity index (χ0n) is 10.4. The van der Waals surface area contributed by atoms with E-state index in [0.717, 1.165) is 0 Å². The van der Waals surface area contributed by atoms with Crippen molar-refractivity contribution < 1.29 is 14.6 Å². The van der Waals surface area contributed by atoms with Gasteiger partial charge in [0.15, 0.2) is 0 Å². The maximum absolute atomic E-state index is 12.0. The number of nitrogens with one attached hydrogen (secondary N) is 1. The molecule has 0 saturated heterocycles. The number of hydrogen-bond donors (Lipinski definition) is 3. The van der Waals surface area contributed by atoms with E-state index in [9.17, 15) is 9.90 Å². The number of aromatic hydroxyl groups is 1. The molecule has 0 unspecified atom stereocenters. The van der Waals surface area contributed by atoms with Crippen LogP contribution >= 0.6 is 0 Å². The van der Waals surface area contributed by atoms with Crippen molar-refractivity contribution >= 4 is 17.3 Å². The van der Waals surface area contributed by atoms with Gasteiger partial charge in [-0.25, -0.2) is 0 Å². The van der Waals surface area contributed by atoms with Crippen LogP contribution in [-0.4, -0.2) is 18.1 Å². The summed E-state index contributed by atoms with van der Waals surface area (Å²) in [6.45, 7) is 0. The minimum absolute atomic E-state index is 0.0235. The molecule has 2 aromatic rings. The molecule has 0 atom stereocenters. The molecule has 0 fully saturated rings. The molecule has 0 spiro atoms. The standard InChI is InChI=1S/C14H14N2O3/c1-19-11-6-7-13(17)12(8-11)16-14(18)9-2-4-10(15)5-3-9/h2-8,17H,15H2,1H3,(H,16,18). The molecule has 0 aromatic heterocycles. The van der Waals surface area contributed by atoms with Crippen molar-refractivity contribution in [2.45, 2.75) is 0 Å². The molecule has 0 bridgehead atoms. The first-order valence-electron chi connectivity index (χ1n) is 5.64. The van der Waals surface area contributed by atoms with Crippen LogP contribution in [0, 0.1) is 0 Å². The molecule has 0 aliphatic rings. The Labute approximate surface area is 110 Å². The lowest BCUT2D eigenvalue weighted by molar-refractivity contribution is 0.102. The number of benzene rings is 2. The lowest BCUT2D eigenvalue weighted by Crippen LogP contribution is -2.12. The number of phenolic OH excluding ortho intramolecular Hbond substituents is 1. The molecular weight excluding hydrogens is 244 g/mol. The number of nitrogen functional groups attached to an aromatic ring is 1. The zero-order valence-corrected chi connectivity index (χ0v) is 10.4. The molecule has 0 aliphatic heterocycles. The van der Waals surface area contributed by atoms with Crippen molar-refractivity contribution in [3.05, 3.63) is 48.0 Å². The van der Waals surface area contributed by atoms with Crippen LogP contribution in [0.3, 0.4) is 0 Å². The van der Waals surface area contributed by atoms with Crippen molar-refractivity contribution in [3.8, 4) is 11.5 Å². The van der Waals surface area contributed by atoms with E-state index < -0.39 is 0 Å². The summed E-state index contributed by atoms with van der Waals surface area (Å²) in [7, 11) is 1.51. The molecule has 0 heterocycles. The maximum atomic E-state index is 12.0. The zero-order chi connectivity index (χ0) is 13.8. The summed E-state index contributed by atoms with van der Waals surface area (Å²) in [5.41, 5.74) is 6.88. The van der Waals surface area contributed by atoms with Crippen molar-refractivity contribution in [2.75, 3.05) is 18.2 Å². The van der Waals surface area contributed by atoms with E-state index in [1.807, 2.05) is 0 Å². The number of rotatable bonds is 3. The number of amides is 1. The molecule has 5 heteroatoms. The molecule has 5 nitrogen and oxygen atoms in total. The summed E-state index contributed by atoms with van der Waals surface area (Å²) in [5.74, 6) is 0.193. The van der Waals surface area contributed by atoms with Gasteiger partial charge in [0.25, 0.3) is 5.91 Å². The van der Waals surface area contributed by atoms with Gasteiger partial charge in [-0.05, 0) is 36.4 Å². The predicted octanol–water partition coefficient (Wildman–Crippen LogP) is 2.24. The molecule has 0 saturated carbocycles. The van der Waals surface area contributed by atoms with Gasteiger partial charge in [-0.3, -0.25) is 4.79 Å². The van der Waals surface area contributed by atoms with Gasteiger partial charge in [0.1, 0.15) is 11.5 Å². The van der Waals surface area contributed by atoms with Gasteiger partial charge in [0.05, 0.1) is 12.8 Å². The summed E-state index contributed by atoms with van der Waals surface area (Å²) in [6, 6.07) is 11.1. The molecule has 19 heavy (non-hydrogen) atoms. The maximum Gasteiger partial charge on any atom is 0.255 e. The first kappa shape index (κ1) is 12.8. The van der Waals surface area contributed by atoms with E-state index in [-0.39, 0.29) is 11.7 Å². The van der Waals surface area contributed by atoms with Gasteiger partial charge < -0.3 is 20.9 Å². The van der Waals surface area contributed by atoms with E-state index in [0.29, 0.717) is 22.7 Å². The van der Waals surface area contributed by atoms with Crippen molar-refractivity contribution in [2.24, 2.45) is 0 Å². The third-order valence-corrected chi connectivity index (χ3v) is 2.62. The Hall–Kier alpha value is -2.69. The highest BCUT2D eigenvalue weighted by Gasteiger charge is 2.09. The van der Waals surface area contributed by atoms with Crippen LogP contribution in [0.5, 0.6) is 11.5 Å². The number of phenols is 1. The average molecular weight is 258 g/mol. The number of nitrogens with two attached hydrogens (primary N) is 1. The van der Waals surface area contributed by atoms with Crippen LogP contribution in [-0.2, 0) is 0 Å². The number of anilines is 2. The Morgan fingerprint density at radius 1 is 1.21 bits per heavy atom. The summed E-state index contributed by atoms with van der Waals surface area (Å²) in [6.07, 6.45) is 0. The number of hydrogen-bond acceptors (Lipinski definition) is 4. The fraction of sp³-hybridized carbons (Fsp3) is 0.0714. The average Bonchev–Trinajstić information content (AvgIpc) is 2.42. The fourth-order valence-electron chi connectivity index (χ4n) is 1.57. The van der Waals surface area contributed by atoms with Gasteiger partial charge in [-0.1, -0.05) is 0 Å². The molecule has 0 aliphatic carbocycles. The van der Waals surface area contributed by atoms with E-state index in [1.165, 1.54) is 13.2 Å². The molecular formula is C14H14N2O3. The molecule has 1 amide bonds. The highest BCUT2D eigenvalue weighted by Crippen LogP contribution is 2.28. The Morgan fingerprint density at radius 3 is 2.53 bits per heavy atom. The normalized spacial score (nSPS) is 9.95. The van der Waals surface area contributed by atoms with Crippen LogP contribution in [0.25, 0.3) is 0 Å². The molecule has 2 aromatic carbocycles. The van der Waals surface area contributed by atoms with Crippen LogP contribution in [0.4, 0.5) is 11.4 Å². The Morgan fingerprint density at radius 2 is 1.89 bits per heavy atom. The van der Waals surface area contributed by atoms with Gasteiger partial charge in [0, 0.05) is 17.3 Å². The minimum atomic E-state index is -0.330. The van der Waals surface area contributed by atoms with Crippen LogP contribution < -0.4 is 15.8 Å². The molecule has 4 N–H and O–H groups in total. The number of ether oxygens (including phenoxy) is 1. The summed E-state index contributed by atoms with van der Waals surface area (Å²) in [4.78, 5) is 12.0. The number of methoxy groups -OCH3 is 1. The second-order valence-corrected chi connectivity index (χ2v) is 3.96. The van der Waals surface area contributed by atoms with Gasteiger partial charge in [0.2, 0.25) is 0 Å². The molecule has 98 valence electrons. The Bertz CT molecular complexity index is 594. The van der Waals surface area contributed by atoms with E-state index >= 15 is 0 Å². The number of carbonyl (C=O) groups is 1.